The summed E-state index contributed by atoms with van der Waals surface area (Å²) in [5.74, 6) is 1.01. The minimum Gasteiger partial charge on any atom is -0.370 e. The summed E-state index contributed by atoms with van der Waals surface area (Å²) in [4.78, 5) is 7.23. The summed E-state index contributed by atoms with van der Waals surface area (Å²) in [5.41, 5.74) is 2.88. The van der Waals surface area contributed by atoms with Gasteiger partial charge in [-0.3, -0.25) is 0 Å². The van der Waals surface area contributed by atoms with E-state index in [1.54, 1.807) is 11.3 Å². The van der Waals surface area contributed by atoms with Gasteiger partial charge >= 0.3 is 0 Å². The zero-order valence-corrected chi connectivity index (χ0v) is 14.1. The van der Waals surface area contributed by atoms with Gasteiger partial charge in [-0.2, -0.15) is 9.61 Å². The molecule has 0 bridgehead atoms. The molecule has 0 spiro atoms. The van der Waals surface area contributed by atoms with Crippen LogP contribution in [0.25, 0.3) is 16.2 Å². The Morgan fingerprint density at radius 1 is 1.32 bits per heavy atom. The molecule has 0 amide bonds. The lowest BCUT2D eigenvalue weighted by Gasteiger charge is -2.10. The van der Waals surface area contributed by atoms with Crippen LogP contribution in [-0.2, 0) is 0 Å². The Bertz CT molecular complexity index is 745. The minimum atomic E-state index is 0.893. The number of hydrogen-bond acceptors (Lipinski definition) is 4. The number of fused-ring (bicyclic) bond motifs is 1. The van der Waals surface area contributed by atoms with Crippen LogP contribution in [0.5, 0.6) is 0 Å². The van der Waals surface area contributed by atoms with Gasteiger partial charge in [0.2, 0.25) is 0 Å². The Hall–Kier alpha value is -1.92. The predicted molar refractivity (Wildman–Crippen MR) is 91.8 cm³/mol. The molecule has 3 aromatic heterocycles. The molecule has 0 saturated heterocycles. The molecule has 116 valence electrons. The summed E-state index contributed by atoms with van der Waals surface area (Å²) in [6, 6.07) is 8.24. The molecule has 0 aromatic carbocycles. The molecule has 6 heteroatoms. The van der Waals surface area contributed by atoms with Gasteiger partial charge in [0, 0.05) is 30.8 Å². The van der Waals surface area contributed by atoms with E-state index in [0.29, 0.717) is 0 Å². The highest BCUT2D eigenvalue weighted by atomic mass is 32.1. The second-order valence-electron chi connectivity index (χ2n) is 5.80. The van der Waals surface area contributed by atoms with Gasteiger partial charge in [-0.15, -0.1) is 11.3 Å². The van der Waals surface area contributed by atoms with Gasteiger partial charge in [0.25, 0.3) is 0 Å². The average Bonchev–Trinajstić information content (AvgIpc) is 3.11. The van der Waals surface area contributed by atoms with E-state index >= 15 is 0 Å². The Balaban J connectivity index is 1.85. The van der Waals surface area contributed by atoms with E-state index in [4.69, 9.17) is 5.10 Å². The fourth-order valence-corrected chi connectivity index (χ4v) is 3.11. The van der Waals surface area contributed by atoms with Crippen molar-refractivity contribution in [1.29, 1.82) is 0 Å². The molecular formula is C16H22N5S+. The number of aryl methyl sites for hydroxylation is 1. The fraction of sp³-hybridized carbons (Fsp3) is 0.375. The van der Waals surface area contributed by atoms with E-state index in [9.17, 15) is 0 Å². The molecular weight excluding hydrogens is 294 g/mol. The molecule has 0 atom stereocenters. The summed E-state index contributed by atoms with van der Waals surface area (Å²) in [6.45, 7) is 4.12. The number of anilines is 1. The maximum absolute atomic E-state index is 4.71. The van der Waals surface area contributed by atoms with Crippen molar-refractivity contribution in [1.82, 2.24) is 14.6 Å². The zero-order valence-electron chi connectivity index (χ0n) is 13.3. The van der Waals surface area contributed by atoms with E-state index in [2.05, 4.69) is 41.9 Å². The highest BCUT2D eigenvalue weighted by Gasteiger charge is 2.10. The smallest absolute Gasteiger partial charge is 0.158 e. The van der Waals surface area contributed by atoms with Crippen molar-refractivity contribution in [2.24, 2.45) is 0 Å². The van der Waals surface area contributed by atoms with Crippen molar-refractivity contribution in [3.8, 4) is 10.6 Å². The summed E-state index contributed by atoms with van der Waals surface area (Å²) in [7, 11) is 4.35. The molecule has 5 nitrogen and oxygen atoms in total. The Morgan fingerprint density at radius 2 is 2.18 bits per heavy atom. The molecule has 0 radical (unpaired) electrons. The predicted octanol–water partition coefficient (Wildman–Crippen LogP) is 1.71. The van der Waals surface area contributed by atoms with Gasteiger partial charge in [0.05, 0.1) is 25.5 Å². The second-order valence-corrected chi connectivity index (χ2v) is 6.74. The molecule has 0 aliphatic carbocycles. The Kier molecular flexibility index (Phi) is 4.40. The molecule has 0 aliphatic rings. The van der Waals surface area contributed by atoms with E-state index < -0.39 is 0 Å². The van der Waals surface area contributed by atoms with Crippen molar-refractivity contribution < 1.29 is 4.90 Å². The molecule has 0 saturated carbocycles. The van der Waals surface area contributed by atoms with Crippen LogP contribution < -0.4 is 10.2 Å². The van der Waals surface area contributed by atoms with Crippen LogP contribution in [0.3, 0.4) is 0 Å². The third-order valence-corrected chi connectivity index (χ3v) is 4.38. The number of aromatic nitrogens is 3. The van der Waals surface area contributed by atoms with Crippen LogP contribution in [0.4, 0.5) is 5.82 Å². The largest absolute Gasteiger partial charge is 0.370 e. The van der Waals surface area contributed by atoms with Gasteiger partial charge in [0.1, 0.15) is 11.5 Å². The van der Waals surface area contributed by atoms with Gasteiger partial charge < -0.3 is 10.2 Å². The third-order valence-electron chi connectivity index (χ3n) is 3.49. The molecule has 3 aromatic rings. The lowest BCUT2D eigenvalue weighted by Crippen LogP contribution is -3.05. The van der Waals surface area contributed by atoms with Crippen molar-refractivity contribution in [3.05, 3.63) is 35.3 Å². The second kappa shape index (κ2) is 6.46. The SMILES string of the molecule is Cc1cc(NCCC[NH+](C)C)n2nc(-c3cccs3)cc2n1. The first-order valence-corrected chi connectivity index (χ1v) is 8.45. The number of rotatable bonds is 6. The quantitative estimate of drug-likeness (QED) is 0.681. The first kappa shape index (κ1) is 15.0. The van der Waals surface area contributed by atoms with E-state index in [1.807, 2.05) is 23.6 Å². The number of nitrogens with one attached hydrogen (secondary N) is 2. The zero-order chi connectivity index (χ0) is 15.5. The monoisotopic (exact) mass is 316 g/mol. The highest BCUT2D eigenvalue weighted by molar-refractivity contribution is 7.13. The van der Waals surface area contributed by atoms with Crippen LogP contribution in [-0.4, -0.2) is 41.8 Å². The topological polar surface area (TPSA) is 46.7 Å². The molecule has 3 rings (SSSR count). The summed E-state index contributed by atoms with van der Waals surface area (Å²) >= 11 is 1.70. The van der Waals surface area contributed by atoms with Crippen LogP contribution in [0.2, 0.25) is 0 Å². The van der Waals surface area contributed by atoms with Crippen molar-refractivity contribution in [2.45, 2.75) is 13.3 Å². The van der Waals surface area contributed by atoms with Crippen LogP contribution in [0.15, 0.2) is 29.6 Å². The molecule has 0 fully saturated rings. The summed E-state index contributed by atoms with van der Waals surface area (Å²) < 4.78 is 1.91. The maximum atomic E-state index is 4.71. The molecule has 0 unspecified atom stereocenters. The fourth-order valence-electron chi connectivity index (χ4n) is 2.43. The minimum absolute atomic E-state index is 0.893. The van der Waals surface area contributed by atoms with Gasteiger partial charge in [-0.25, -0.2) is 4.98 Å². The third kappa shape index (κ3) is 3.28. The van der Waals surface area contributed by atoms with Gasteiger partial charge in [-0.05, 0) is 18.4 Å². The van der Waals surface area contributed by atoms with Gasteiger partial charge in [-0.1, -0.05) is 6.07 Å². The number of hydrogen-bond donors (Lipinski definition) is 2. The maximum Gasteiger partial charge on any atom is 0.158 e. The van der Waals surface area contributed by atoms with E-state index in [-0.39, 0.29) is 0 Å². The van der Waals surface area contributed by atoms with E-state index in [0.717, 1.165) is 42.4 Å². The Morgan fingerprint density at radius 3 is 2.91 bits per heavy atom. The van der Waals surface area contributed by atoms with Crippen LogP contribution in [0.1, 0.15) is 12.1 Å². The normalized spacial score (nSPS) is 11.5. The van der Waals surface area contributed by atoms with Crippen LogP contribution >= 0.6 is 11.3 Å². The van der Waals surface area contributed by atoms with E-state index in [1.165, 1.54) is 9.78 Å². The molecule has 0 aliphatic heterocycles. The van der Waals surface area contributed by atoms with Crippen molar-refractivity contribution >= 4 is 22.8 Å². The number of quaternary nitrogens is 1. The molecule has 3 heterocycles. The first-order chi connectivity index (χ1) is 10.6. The van der Waals surface area contributed by atoms with Gasteiger partial charge in [0.15, 0.2) is 5.65 Å². The Labute approximate surface area is 134 Å². The molecule has 22 heavy (non-hydrogen) atoms. The van der Waals surface area contributed by atoms with Crippen LogP contribution in [0, 0.1) is 6.92 Å². The van der Waals surface area contributed by atoms with Crippen molar-refractivity contribution in [3.63, 3.8) is 0 Å². The lowest BCUT2D eigenvalue weighted by molar-refractivity contribution is -0.858. The average molecular weight is 316 g/mol. The first-order valence-electron chi connectivity index (χ1n) is 7.58. The highest BCUT2D eigenvalue weighted by Crippen LogP contribution is 2.25. The molecule has 2 N–H and O–H groups in total. The number of thiophene rings is 1. The standard InChI is InChI=1S/C16H21N5S/c1-12-10-15(17-7-5-8-20(2)3)21-16(18-12)11-13(19-21)14-6-4-9-22-14/h4,6,9-11,17H,5,7-8H2,1-3H3/p+1. The summed E-state index contributed by atoms with van der Waals surface area (Å²) in [5, 5.41) is 10.3. The number of nitrogens with zero attached hydrogens (tertiary/aromatic N) is 3. The van der Waals surface area contributed by atoms with Crippen molar-refractivity contribution in [2.75, 3.05) is 32.5 Å². The summed E-state index contributed by atoms with van der Waals surface area (Å²) in [6.07, 6.45) is 1.13. The lowest BCUT2D eigenvalue weighted by atomic mass is 10.3.